The summed E-state index contributed by atoms with van der Waals surface area (Å²) >= 11 is 0. The molecular formula is C18H31N3. The van der Waals surface area contributed by atoms with Crippen molar-refractivity contribution < 1.29 is 0 Å². The second kappa shape index (κ2) is 8.38. The molecule has 0 spiro atoms. The largest absolute Gasteiger partial charge is 0.368 e. The van der Waals surface area contributed by atoms with Crippen LogP contribution in [0.1, 0.15) is 70.9 Å². The average Bonchev–Trinajstić information content (AvgIpc) is 2.54. The number of piperidine rings is 1. The third kappa shape index (κ3) is 4.70. The molecule has 1 N–H and O–H groups in total. The lowest BCUT2D eigenvalue weighted by Gasteiger charge is -2.36. The first-order chi connectivity index (χ1) is 10.2. The fourth-order valence-corrected chi connectivity index (χ4v) is 3.04. The normalized spacial score (nSPS) is 21.2. The van der Waals surface area contributed by atoms with Gasteiger partial charge in [-0.05, 0) is 57.3 Å². The lowest BCUT2D eigenvalue weighted by Crippen LogP contribution is -2.34. The Hall–Kier alpha value is -1.09. The first-order valence-corrected chi connectivity index (χ1v) is 8.71. The number of hydrogen-bond acceptors (Lipinski definition) is 3. The number of hydrogen-bond donors (Lipinski definition) is 1. The third-order valence-electron chi connectivity index (χ3n) is 4.59. The maximum Gasteiger partial charge on any atom is 0.126 e. The highest BCUT2D eigenvalue weighted by molar-refractivity contribution is 5.37. The molecule has 2 heterocycles. The van der Waals surface area contributed by atoms with Crippen molar-refractivity contribution in [3.63, 3.8) is 0 Å². The van der Waals surface area contributed by atoms with Gasteiger partial charge in [-0.3, -0.25) is 4.90 Å². The Bertz CT molecular complexity index is 401. The SMILES string of the molecule is CCCCN1CCCC[C@@H]1c1ccc(N[C@H](C)CC)nc1. The zero-order chi connectivity index (χ0) is 15.1. The summed E-state index contributed by atoms with van der Waals surface area (Å²) in [5.41, 5.74) is 1.39. The van der Waals surface area contributed by atoms with E-state index in [4.69, 9.17) is 0 Å². The second-order valence-corrected chi connectivity index (χ2v) is 6.33. The molecule has 1 aliphatic heterocycles. The Morgan fingerprint density at radius 1 is 1.33 bits per heavy atom. The summed E-state index contributed by atoms with van der Waals surface area (Å²) in [6, 6.07) is 5.48. The molecule has 3 heteroatoms. The summed E-state index contributed by atoms with van der Waals surface area (Å²) in [7, 11) is 0. The minimum atomic E-state index is 0.485. The Morgan fingerprint density at radius 2 is 2.19 bits per heavy atom. The van der Waals surface area contributed by atoms with Gasteiger partial charge in [0.15, 0.2) is 0 Å². The van der Waals surface area contributed by atoms with E-state index in [1.807, 2.05) is 0 Å². The molecule has 0 bridgehead atoms. The molecule has 3 nitrogen and oxygen atoms in total. The predicted molar refractivity (Wildman–Crippen MR) is 90.7 cm³/mol. The standard InChI is InChI=1S/C18H31N3/c1-4-6-12-21-13-8-7-9-17(21)16-10-11-18(19-14-16)20-15(3)5-2/h10-11,14-15,17H,4-9,12-13H2,1-3H3,(H,19,20)/t15-,17-/m1/s1. The number of anilines is 1. The van der Waals surface area contributed by atoms with Gasteiger partial charge >= 0.3 is 0 Å². The van der Waals surface area contributed by atoms with Crippen LogP contribution in [0, 0.1) is 0 Å². The Balaban J connectivity index is 2.01. The van der Waals surface area contributed by atoms with E-state index in [1.165, 1.54) is 50.8 Å². The first-order valence-electron chi connectivity index (χ1n) is 8.71. The lowest BCUT2D eigenvalue weighted by atomic mass is 9.96. The lowest BCUT2D eigenvalue weighted by molar-refractivity contribution is 0.146. The van der Waals surface area contributed by atoms with Crippen LogP contribution in [0.25, 0.3) is 0 Å². The topological polar surface area (TPSA) is 28.2 Å². The van der Waals surface area contributed by atoms with Gasteiger partial charge in [0.1, 0.15) is 5.82 Å². The molecule has 118 valence electrons. The Kier molecular flexibility index (Phi) is 6.50. The molecule has 1 aromatic rings. The summed E-state index contributed by atoms with van der Waals surface area (Å²) in [4.78, 5) is 7.28. The first kappa shape index (κ1) is 16.3. The molecule has 0 saturated carbocycles. The number of aromatic nitrogens is 1. The van der Waals surface area contributed by atoms with E-state index < -0.39 is 0 Å². The molecular weight excluding hydrogens is 258 g/mol. The highest BCUT2D eigenvalue weighted by Gasteiger charge is 2.23. The van der Waals surface area contributed by atoms with Crippen LogP contribution in [0.15, 0.2) is 18.3 Å². The maximum atomic E-state index is 4.62. The van der Waals surface area contributed by atoms with Crippen LogP contribution in [0.4, 0.5) is 5.82 Å². The smallest absolute Gasteiger partial charge is 0.126 e. The van der Waals surface area contributed by atoms with E-state index in [9.17, 15) is 0 Å². The monoisotopic (exact) mass is 289 g/mol. The van der Waals surface area contributed by atoms with Crippen LogP contribution < -0.4 is 5.32 Å². The average molecular weight is 289 g/mol. The summed E-state index contributed by atoms with van der Waals surface area (Å²) < 4.78 is 0. The molecule has 1 fully saturated rings. The van der Waals surface area contributed by atoms with E-state index in [0.717, 1.165) is 12.2 Å². The van der Waals surface area contributed by atoms with Gasteiger partial charge in [-0.25, -0.2) is 4.98 Å². The summed E-state index contributed by atoms with van der Waals surface area (Å²) in [5.74, 6) is 1.00. The summed E-state index contributed by atoms with van der Waals surface area (Å²) in [5, 5.41) is 3.44. The fourth-order valence-electron chi connectivity index (χ4n) is 3.04. The number of nitrogens with zero attached hydrogens (tertiary/aromatic N) is 2. The van der Waals surface area contributed by atoms with Crippen molar-refractivity contribution in [2.24, 2.45) is 0 Å². The van der Waals surface area contributed by atoms with Crippen molar-refractivity contribution in [3.8, 4) is 0 Å². The number of pyridine rings is 1. The van der Waals surface area contributed by atoms with Crippen LogP contribution >= 0.6 is 0 Å². The van der Waals surface area contributed by atoms with Crippen molar-refractivity contribution in [1.29, 1.82) is 0 Å². The molecule has 1 aliphatic rings. The fraction of sp³-hybridized carbons (Fsp3) is 0.722. The van der Waals surface area contributed by atoms with Gasteiger partial charge in [-0.1, -0.05) is 32.8 Å². The summed E-state index contributed by atoms with van der Waals surface area (Å²) in [6.07, 6.45) is 9.76. The van der Waals surface area contributed by atoms with Crippen LogP contribution in [0.3, 0.4) is 0 Å². The number of nitrogens with one attached hydrogen (secondary N) is 1. The van der Waals surface area contributed by atoms with Gasteiger partial charge in [0.2, 0.25) is 0 Å². The van der Waals surface area contributed by atoms with Crippen molar-refractivity contribution in [2.45, 2.75) is 71.4 Å². The summed E-state index contributed by atoms with van der Waals surface area (Å²) in [6.45, 7) is 9.14. The van der Waals surface area contributed by atoms with Gasteiger partial charge in [0, 0.05) is 18.3 Å². The molecule has 2 rings (SSSR count). The van der Waals surface area contributed by atoms with E-state index in [2.05, 4.69) is 54.3 Å². The zero-order valence-corrected chi connectivity index (χ0v) is 13.9. The molecule has 2 atom stereocenters. The molecule has 0 radical (unpaired) electrons. The molecule has 1 aromatic heterocycles. The van der Waals surface area contributed by atoms with E-state index in [0.29, 0.717) is 12.1 Å². The third-order valence-corrected chi connectivity index (χ3v) is 4.59. The number of rotatable bonds is 7. The molecule has 1 saturated heterocycles. The highest BCUT2D eigenvalue weighted by Crippen LogP contribution is 2.31. The second-order valence-electron chi connectivity index (χ2n) is 6.33. The van der Waals surface area contributed by atoms with Gasteiger partial charge in [-0.2, -0.15) is 0 Å². The predicted octanol–water partition coefficient (Wildman–Crippen LogP) is 4.62. The molecule has 0 aromatic carbocycles. The zero-order valence-electron chi connectivity index (χ0n) is 13.9. The van der Waals surface area contributed by atoms with Crippen LogP contribution in [0.5, 0.6) is 0 Å². The van der Waals surface area contributed by atoms with Crippen molar-refractivity contribution >= 4 is 5.82 Å². The van der Waals surface area contributed by atoms with Gasteiger partial charge in [0.05, 0.1) is 0 Å². The van der Waals surface area contributed by atoms with Crippen LogP contribution in [-0.4, -0.2) is 29.0 Å². The van der Waals surface area contributed by atoms with Crippen LogP contribution in [-0.2, 0) is 0 Å². The molecule has 0 aliphatic carbocycles. The minimum absolute atomic E-state index is 0.485. The maximum absolute atomic E-state index is 4.62. The molecule has 21 heavy (non-hydrogen) atoms. The molecule has 0 amide bonds. The highest BCUT2D eigenvalue weighted by atomic mass is 15.2. The van der Waals surface area contributed by atoms with E-state index in [1.54, 1.807) is 0 Å². The van der Waals surface area contributed by atoms with Crippen molar-refractivity contribution in [1.82, 2.24) is 9.88 Å². The Labute approximate surface area is 130 Å². The Morgan fingerprint density at radius 3 is 2.86 bits per heavy atom. The van der Waals surface area contributed by atoms with E-state index in [-0.39, 0.29) is 0 Å². The molecule has 0 unspecified atom stereocenters. The number of likely N-dealkylation sites (tertiary alicyclic amines) is 1. The van der Waals surface area contributed by atoms with Crippen molar-refractivity contribution in [3.05, 3.63) is 23.9 Å². The van der Waals surface area contributed by atoms with Gasteiger partial charge in [-0.15, -0.1) is 0 Å². The minimum Gasteiger partial charge on any atom is -0.368 e. The van der Waals surface area contributed by atoms with Gasteiger partial charge in [0.25, 0.3) is 0 Å². The van der Waals surface area contributed by atoms with Crippen LogP contribution in [0.2, 0.25) is 0 Å². The van der Waals surface area contributed by atoms with E-state index >= 15 is 0 Å². The quantitative estimate of drug-likeness (QED) is 0.794. The van der Waals surface area contributed by atoms with Crippen molar-refractivity contribution in [2.75, 3.05) is 18.4 Å². The van der Waals surface area contributed by atoms with Gasteiger partial charge < -0.3 is 5.32 Å². The number of unbranched alkanes of at least 4 members (excludes halogenated alkanes) is 1.